The number of nitrogens with one attached hydrogen (secondary N) is 2. The molecule has 2 N–H and O–H groups in total. The molecule has 1 saturated heterocycles. The number of ether oxygens (including phenoxy) is 3. The van der Waals surface area contributed by atoms with Crippen LogP contribution in [0.2, 0.25) is 0 Å². The highest BCUT2D eigenvalue weighted by Gasteiger charge is 2.28. The molecule has 0 saturated carbocycles. The van der Waals surface area contributed by atoms with Crippen LogP contribution in [0.15, 0.2) is 30.3 Å². The molecule has 1 fully saturated rings. The maximum absolute atomic E-state index is 12.6. The molecule has 2 aromatic carbocycles. The molecule has 1 aliphatic rings. The van der Waals surface area contributed by atoms with Gasteiger partial charge >= 0.3 is 6.03 Å². The third-order valence-electron chi connectivity index (χ3n) is 4.78. The van der Waals surface area contributed by atoms with Crippen molar-refractivity contribution in [3.63, 3.8) is 0 Å². The fourth-order valence-corrected chi connectivity index (χ4v) is 4.82. The normalized spacial score (nSPS) is 14.9. The first-order valence-corrected chi connectivity index (χ1v) is 10.9. The van der Waals surface area contributed by atoms with Crippen molar-refractivity contribution in [3.05, 3.63) is 35.9 Å². The smallest absolute Gasteiger partial charge is 0.323 e. The van der Waals surface area contributed by atoms with E-state index in [0.717, 1.165) is 5.56 Å². The summed E-state index contributed by atoms with van der Waals surface area (Å²) in [7, 11) is 1.17. The average molecular weight is 436 g/mol. The Morgan fingerprint density at radius 1 is 1.00 bits per heavy atom. The van der Waals surface area contributed by atoms with Crippen molar-refractivity contribution in [2.45, 2.75) is 13.3 Å². The van der Waals surface area contributed by atoms with Gasteiger partial charge in [-0.15, -0.1) is 0 Å². The Morgan fingerprint density at radius 2 is 1.67 bits per heavy atom. The Labute approximate surface area is 176 Å². The quantitative estimate of drug-likeness (QED) is 0.722. The van der Waals surface area contributed by atoms with Crippen molar-refractivity contribution < 1.29 is 27.4 Å². The lowest BCUT2D eigenvalue weighted by atomic mass is 10.2. The number of urea groups is 1. The average Bonchev–Trinajstić information content (AvgIpc) is 3.07. The van der Waals surface area contributed by atoms with Crippen LogP contribution < -0.4 is 29.1 Å². The van der Waals surface area contributed by atoms with Gasteiger partial charge in [-0.05, 0) is 31.0 Å². The van der Waals surface area contributed by atoms with Gasteiger partial charge in [-0.2, -0.15) is 0 Å². The molecule has 2 amide bonds. The van der Waals surface area contributed by atoms with Gasteiger partial charge < -0.3 is 24.8 Å². The van der Waals surface area contributed by atoms with Gasteiger partial charge in [-0.25, -0.2) is 13.2 Å². The van der Waals surface area contributed by atoms with Gasteiger partial charge in [0.15, 0.2) is 11.5 Å². The first kappa shape index (κ1) is 21.6. The highest BCUT2D eigenvalue weighted by Crippen LogP contribution is 2.40. The summed E-state index contributed by atoms with van der Waals surface area (Å²) in [6.45, 7) is 2.26. The van der Waals surface area contributed by atoms with E-state index in [9.17, 15) is 13.2 Å². The molecule has 162 valence electrons. The van der Waals surface area contributed by atoms with Crippen LogP contribution in [-0.4, -0.2) is 48.1 Å². The number of nitrogens with zero attached hydrogens (tertiary/aromatic N) is 1. The summed E-state index contributed by atoms with van der Waals surface area (Å²) in [5.74, 6) is 1.36. The third kappa shape index (κ3) is 4.38. The van der Waals surface area contributed by atoms with Crippen molar-refractivity contribution in [3.8, 4) is 17.2 Å². The number of aryl methyl sites for hydroxylation is 1. The molecule has 1 aliphatic heterocycles. The van der Waals surface area contributed by atoms with Gasteiger partial charge in [-0.3, -0.25) is 4.31 Å². The van der Waals surface area contributed by atoms with Crippen molar-refractivity contribution in [2.24, 2.45) is 0 Å². The van der Waals surface area contributed by atoms with E-state index in [1.165, 1.54) is 25.6 Å². The molecule has 9 nitrogen and oxygen atoms in total. The van der Waals surface area contributed by atoms with Gasteiger partial charge in [0.25, 0.3) is 0 Å². The monoisotopic (exact) mass is 435 g/mol. The van der Waals surface area contributed by atoms with Crippen LogP contribution in [0.5, 0.6) is 17.2 Å². The highest BCUT2D eigenvalue weighted by molar-refractivity contribution is 7.93. The number of benzene rings is 2. The Balaban J connectivity index is 1.81. The molecule has 30 heavy (non-hydrogen) atoms. The molecule has 0 atom stereocenters. The van der Waals surface area contributed by atoms with E-state index in [0.29, 0.717) is 47.3 Å². The molecule has 10 heteroatoms. The van der Waals surface area contributed by atoms with Gasteiger partial charge in [0.1, 0.15) is 0 Å². The van der Waals surface area contributed by atoms with Crippen LogP contribution in [0.25, 0.3) is 0 Å². The van der Waals surface area contributed by atoms with Crippen LogP contribution in [-0.2, 0) is 10.0 Å². The number of carbonyl (C=O) groups is 1. The van der Waals surface area contributed by atoms with Crippen LogP contribution in [0.1, 0.15) is 12.0 Å². The Bertz CT molecular complexity index is 1030. The lowest BCUT2D eigenvalue weighted by Crippen LogP contribution is -2.25. The maximum Gasteiger partial charge on any atom is 0.323 e. The van der Waals surface area contributed by atoms with Gasteiger partial charge in [0.05, 0.1) is 38.5 Å². The van der Waals surface area contributed by atoms with Crippen molar-refractivity contribution in [1.82, 2.24) is 0 Å². The summed E-state index contributed by atoms with van der Waals surface area (Å²) >= 11 is 0. The number of anilines is 3. The maximum atomic E-state index is 12.6. The van der Waals surface area contributed by atoms with E-state index in [2.05, 4.69) is 10.6 Å². The molecule has 2 aromatic rings. The topological polar surface area (TPSA) is 106 Å². The molecule has 0 radical (unpaired) electrons. The molecular formula is C20H25N3O6S. The SMILES string of the molecule is COc1cc(NC(=O)Nc2cc(N3CCCS3(=O)=O)ccc2C)cc(OC)c1OC. The number of hydrogen-bond acceptors (Lipinski definition) is 6. The van der Waals surface area contributed by atoms with Gasteiger partial charge in [0, 0.05) is 24.4 Å². The van der Waals surface area contributed by atoms with Crippen molar-refractivity contribution in [1.29, 1.82) is 0 Å². The zero-order valence-corrected chi connectivity index (χ0v) is 18.1. The second-order valence-electron chi connectivity index (χ2n) is 6.73. The second kappa shape index (κ2) is 8.70. The number of hydrogen-bond donors (Lipinski definition) is 2. The van der Waals surface area contributed by atoms with Crippen LogP contribution in [0.4, 0.5) is 21.9 Å². The van der Waals surface area contributed by atoms with E-state index in [-0.39, 0.29) is 5.75 Å². The Morgan fingerprint density at radius 3 is 2.20 bits per heavy atom. The largest absolute Gasteiger partial charge is 0.493 e. The second-order valence-corrected chi connectivity index (χ2v) is 8.75. The first-order chi connectivity index (χ1) is 14.3. The predicted octanol–water partition coefficient (Wildman–Crippen LogP) is 3.20. The van der Waals surface area contributed by atoms with E-state index >= 15 is 0 Å². The molecule has 3 rings (SSSR count). The summed E-state index contributed by atoms with van der Waals surface area (Å²) in [6, 6.07) is 7.90. The number of carbonyl (C=O) groups excluding carboxylic acids is 1. The fraction of sp³-hybridized carbons (Fsp3) is 0.350. The van der Waals surface area contributed by atoms with Crippen LogP contribution >= 0.6 is 0 Å². The lowest BCUT2D eigenvalue weighted by Gasteiger charge is -2.19. The van der Waals surface area contributed by atoms with Crippen LogP contribution in [0.3, 0.4) is 0 Å². The van der Waals surface area contributed by atoms with Crippen LogP contribution in [0, 0.1) is 6.92 Å². The minimum atomic E-state index is -3.30. The van der Waals surface area contributed by atoms with E-state index in [1.807, 2.05) is 6.92 Å². The van der Waals surface area contributed by atoms with Gasteiger partial charge in [0.2, 0.25) is 15.8 Å². The lowest BCUT2D eigenvalue weighted by molar-refractivity contribution is 0.262. The van der Waals surface area contributed by atoms with Crippen molar-refractivity contribution >= 4 is 33.1 Å². The molecule has 0 aromatic heterocycles. The summed E-state index contributed by atoms with van der Waals surface area (Å²) in [5, 5.41) is 5.50. The molecule has 0 unspecified atom stereocenters. The molecule has 0 bridgehead atoms. The third-order valence-corrected chi connectivity index (χ3v) is 6.65. The molecule has 0 spiro atoms. The predicted molar refractivity (Wildman–Crippen MR) is 116 cm³/mol. The van der Waals surface area contributed by atoms with E-state index in [1.54, 1.807) is 30.3 Å². The number of methoxy groups -OCH3 is 3. The standard InChI is InChI=1S/C20H25N3O6S/c1-13-6-7-15(23-8-5-9-30(23,25)26)12-16(13)22-20(24)21-14-10-17(27-2)19(29-4)18(11-14)28-3/h6-7,10-12H,5,8-9H2,1-4H3,(H2,21,22,24). The minimum Gasteiger partial charge on any atom is -0.493 e. The minimum absolute atomic E-state index is 0.130. The summed E-state index contributed by atoms with van der Waals surface area (Å²) in [6.07, 6.45) is 0.584. The zero-order chi connectivity index (χ0) is 21.9. The molecular weight excluding hydrogens is 410 g/mol. The highest BCUT2D eigenvalue weighted by atomic mass is 32.2. The summed E-state index contributed by atoms with van der Waals surface area (Å²) in [4.78, 5) is 12.6. The number of sulfonamides is 1. The fourth-order valence-electron chi connectivity index (χ4n) is 3.27. The van der Waals surface area contributed by atoms with Gasteiger partial charge in [-0.1, -0.05) is 6.07 Å². The zero-order valence-electron chi connectivity index (χ0n) is 17.3. The number of rotatable bonds is 6. The summed E-state index contributed by atoms with van der Waals surface area (Å²) < 4.78 is 41.6. The van der Waals surface area contributed by atoms with Crippen molar-refractivity contribution in [2.75, 3.05) is 48.6 Å². The summed E-state index contributed by atoms with van der Waals surface area (Å²) in [5.41, 5.74) is 2.29. The Kier molecular flexibility index (Phi) is 6.25. The Hall–Kier alpha value is -3.14. The van der Waals surface area contributed by atoms with E-state index in [4.69, 9.17) is 14.2 Å². The molecule has 0 aliphatic carbocycles. The number of amides is 2. The van der Waals surface area contributed by atoms with E-state index < -0.39 is 16.1 Å². The molecule has 1 heterocycles. The first-order valence-electron chi connectivity index (χ1n) is 9.28.